The predicted octanol–water partition coefficient (Wildman–Crippen LogP) is 2.32. The summed E-state index contributed by atoms with van der Waals surface area (Å²) in [4.78, 5) is 11.3. The highest BCUT2D eigenvalue weighted by Crippen LogP contribution is 2.26. The van der Waals surface area contributed by atoms with Gasteiger partial charge in [0.1, 0.15) is 17.3 Å². The van der Waals surface area contributed by atoms with Gasteiger partial charge in [0.05, 0.1) is 13.2 Å². The second-order valence-corrected chi connectivity index (χ2v) is 4.04. The summed E-state index contributed by atoms with van der Waals surface area (Å²) in [6, 6.07) is 4.61. The lowest BCUT2D eigenvalue weighted by Crippen LogP contribution is -2.11. The molecule has 0 amide bonds. The van der Waals surface area contributed by atoms with Crippen LogP contribution in [0.15, 0.2) is 27.0 Å². The minimum Gasteiger partial charge on any atom is -0.466 e. The number of hydrogen-bond donors (Lipinski definition) is 1. The molecule has 2 heterocycles. The number of rotatable bonds is 3. The van der Waals surface area contributed by atoms with Crippen molar-refractivity contribution in [2.75, 3.05) is 7.11 Å². The Morgan fingerprint density at radius 1 is 1.33 bits per heavy atom. The molecule has 5 heteroatoms. The van der Waals surface area contributed by atoms with Crippen LogP contribution in [0.2, 0.25) is 0 Å². The monoisotopic (exact) mass is 249 g/mol. The number of carbonyl (C=O) groups is 1. The van der Waals surface area contributed by atoms with Gasteiger partial charge in [-0.05, 0) is 32.0 Å². The molecule has 1 atom stereocenters. The van der Waals surface area contributed by atoms with E-state index in [2.05, 4.69) is 4.74 Å². The number of furan rings is 2. The Hall–Kier alpha value is -2.01. The third-order valence-electron chi connectivity index (χ3n) is 2.73. The maximum Gasteiger partial charge on any atom is 0.373 e. The van der Waals surface area contributed by atoms with E-state index >= 15 is 0 Å². The summed E-state index contributed by atoms with van der Waals surface area (Å²) in [5.41, 5.74) is 6.93. The van der Waals surface area contributed by atoms with Crippen LogP contribution in [0, 0.1) is 13.8 Å². The summed E-state index contributed by atoms with van der Waals surface area (Å²) in [7, 11) is 1.30. The number of esters is 1. The molecule has 5 nitrogen and oxygen atoms in total. The zero-order valence-corrected chi connectivity index (χ0v) is 10.5. The van der Waals surface area contributed by atoms with Gasteiger partial charge in [-0.1, -0.05) is 0 Å². The molecular formula is C13H15NO4. The van der Waals surface area contributed by atoms with Crippen LogP contribution in [0.3, 0.4) is 0 Å². The Morgan fingerprint density at radius 2 is 2.06 bits per heavy atom. The molecule has 0 fully saturated rings. The maximum absolute atomic E-state index is 11.3. The second-order valence-electron chi connectivity index (χ2n) is 4.04. The van der Waals surface area contributed by atoms with Crippen molar-refractivity contribution in [1.82, 2.24) is 0 Å². The van der Waals surface area contributed by atoms with E-state index in [0.717, 1.165) is 17.1 Å². The summed E-state index contributed by atoms with van der Waals surface area (Å²) in [5, 5.41) is 0. The van der Waals surface area contributed by atoms with Gasteiger partial charge in [-0.2, -0.15) is 0 Å². The highest BCUT2D eigenvalue weighted by Gasteiger charge is 2.20. The largest absolute Gasteiger partial charge is 0.466 e. The SMILES string of the molecule is COC(=O)c1ccc(C(N)c2cc(C)oc2C)o1. The average Bonchev–Trinajstić information content (AvgIpc) is 2.94. The molecule has 18 heavy (non-hydrogen) atoms. The Bertz CT molecular complexity index is 567. The van der Waals surface area contributed by atoms with Crippen LogP contribution in [-0.4, -0.2) is 13.1 Å². The van der Waals surface area contributed by atoms with E-state index in [1.165, 1.54) is 7.11 Å². The van der Waals surface area contributed by atoms with Gasteiger partial charge in [-0.25, -0.2) is 4.79 Å². The van der Waals surface area contributed by atoms with E-state index < -0.39 is 12.0 Å². The number of nitrogens with two attached hydrogens (primary N) is 1. The predicted molar refractivity (Wildman–Crippen MR) is 64.3 cm³/mol. The number of methoxy groups -OCH3 is 1. The van der Waals surface area contributed by atoms with Gasteiger partial charge < -0.3 is 19.3 Å². The topological polar surface area (TPSA) is 78.6 Å². The van der Waals surface area contributed by atoms with Crippen LogP contribution in [0.25, 0.3) is 0 Å². The Labute approximate surface area is 105 Å². The standard InChI is InChI=1S/C13H15NO4/c1-7-6-9(8(2)17-7)12(14)10-4-5-11(18-10)13(15)16-3/h4-6,12H,14H2,1-3H3. The minimum absolute atomic E-state index is 0.140. The van der Waals surface area contributed by atoms with Crippen molar-refractivity contribution in [1.29, 1.82) is 0 Å². The van der Waals surface area contributed by atoms with Crippen molar-refractivity contribution < 1.29 is 18.4 Å². The summed E-state index contributed by atoms with van der Waals surface area (Å²) in [6.07, 6.45) is 0. The summed E-state index contributed by atoms with van der Waals surface area (Å²) < 4.78 is 15.4. The van der Waals surface area contributed by atoms with Crippen LogP contribution < -0.4 is 5.73 Å². The van der Waals surface area contributed by atoms with Gasteiger partial charge in [0.2, 0.25) is 5.76 Å². The van der Waals surface area contributed by atoms with Gasteiger partial charge in [0, 0.05) is 5.56 Å². The molecular weight excluding hydrogens is 234 g/mol. The molecule has 0 radical (unpaired) electrons. The number of aryl methyl sites for hydroxylation is 2. The number of hydrogen-bond acceptors (Lipinski definition) is 5. The van der Waals surface area contributed by atoms with E-state index in [9.17, 15) is 4.79 Å². The first-order valence-corrected chi connectivity index (χ1v) is 5.53. The van der Waals surface area contributed by atoms with Crippen LogP contribution in [0.1, 0.15) is 39.4 Å². The molecule has 0 spiro atoms. The average molecular weight is 249 g/mol. The fourth-order valence-corrected chi connectivity index (χ4v) is 1.84. The quantitative estimate of drug-likeness (QED) is 0.844. The van der Waals surface area contributed by atoms with Crippen LogP contribution >= 0.6 is 0 Å². The summed E-state index contributed by atoms with van der Waals surface area (Å²) >= 11 is 0. The van der Waals surface area contributed by atoms with Crippen molar-refractivity contribution in [3.05, 3.63) is 46.8 Å². The Kier molecular flexibility index (Phi) is 3.25. The molecule has 0 aliphatic carbocycles. The lowest BCUT2D eigenvalue weighted by molar-refractivity contribution is 0.0562. The third kappa shape index (κ3) is 2.17. The van der Waals surface area contributed by atoms with E-state index in [4.69, 9.17) is 14.6 Å². The summed E-state index contributed by atoms with van der Waals surface area (Å²) in [5.74, 6) is 1.65. The van der Waals surface area contributed by atoms with E-state index in [-0.39, 0.29) is 5.76 Å². The van der Waals surface area contributed by atoms with Gasteiger partial charge in [-0.3, -0.25) is 0 Å². The van der Waals surface area contributed by atoms with E-state index in [0.29, 0.717) is 5.76 Å². The molecule has 96 valence electrons. The molecule has 0 aliphatic rings. The molecule has 2 aromatic heterocycles. The molecule has 1 unspecified atom stereocenters. The molecule has 0 saturated heterocycles. The van der Waals surface area contributed by atoms with Crippen molar-refractivity contribution in [3.8, 4) is 0 Å². The van der Waals surface area contributed by atoms with Crippen molar-refractivity contribution in [2.24, 2.45) is 5.73 Å². The molecule has 2 aromatic rings. The molecule has 0 saturated carbocycles. The Morgan fingerprint density at radius 3 is 2.61 bits per heavy atom. The first kappa shape index (κ1) is 12.4. The third-order valence-corrected chi connectivity index (χ3v) is 2.73. The van der Waals surface area contributed by atoms with Gasteiger partial charge >= 0.3 is 5.97 Å². The van der Waals surface area contributed by atoms with Crippen molar-refractivity contribution in [2.45, 2.75) is 19.9 Å². The van der Waals surface area contributed by atoms with Crippen molar-refractivity contribution in [3.63, 3.8) is 0 Å². The van der Waals surface area contributed by atoms with E-state index in [1.807, 2.05) is 19.9 Å². The molecule has 0 aromatic carbocycles. The fourth-order valence-electron chi connectivity index (χ4n) is 1.84. The zero-order valence-electron chi connectivity index (χ0n) is 10.5. The first-order valence-electron chi connectivity index (χ1n) is 5.53. The fraction of sp³-hybridized carbons (Fsp3) is 0.308. The number of ether oxygens (including phenoxy) is 1. The molecule has 2 rings (SSSR count). The van der Waals surface area contributed by atoms with Gasteiger partial charge in [0.25, 0.3) is 0 Å². The normalized spacial score (nSPS) is 12.4. The highest BCUT2D eigenvalue weighted by atomic mass is 16.5. The van der Waals surface area contributed by atoms with Gasteiger partial charge in [-0.15, -0.1) is 0 Å². The molecule has 0 aliphatic heterocycles. The van der Waals surface area contributed by atoms with E-state index in [1.54, 1.807) is 12.1 Å². The lowest BCUT2D eigenvalue weighted by atomic mass is 10.1. The molecule has 0 bridgehead atoms. The minimum atomic E-state index is -0.520. The lowest BCUT2D eigenvalue weighted by Gasteiger charge is -2.06. The van der Waals surface area contributed by atoms with Crippen molar-refractivity contribution >= 4 is 5.97 Å². The second kappa shape index (κ2) is 4.70. The van der Waals surface area contributed by atoms with Crippen LogP contribution in [-0.2, 0) is 4.74 Å². The maximum atomic E-state index is 11.3. The van der Waals surface area contributed by atoms with Crippen LogP contribution in [0.5, 0.6) is 0 Å². The van der Waals surface area contributed by atoms with Gasteiger partial charge in [0.15, 0.2) is 0 Å². The number of carbonyl (C=O) groups excluding carboxylic acids is 1. The summed E-state index contributed by atoms with van der Waals surface area (Å²) in [6.45, 7) is 3.69. The zero-order chi connectivity index (χ0) is 13.3. The molecule has 2 N–H and O–H groups in total. The first-order chi connectivity index (χ1) is 8.52. The smallest absolute Gasteiger partial charge is 0.373 e. The Balaban J connectivity index is 2.29. The van der Waals surface area contributed by atoms with Crippen LogP contribution in [0.4, 0.5) is 0 Å². The highest BCUT2D eigenvalue weighted by molar-refractivity contribution is 5.86.